The van der Waals surface area contributed by atoms with E-state index in [-0.39, 0.29) is 28.4 Å². The van der Waals surface area contributed by atoms with Gasteiger partial charge in [-0.1, -0.05) is 36.4 Å². The minimum absolute atomic E-state index is 0.0432. The fourth-order valence-corrected chi connectivity index (χ4v) is 2.74. The number of nitriles is 2. The molecule has 0 saturated carbocycles. The maximum absolute atomic E-state index is 12.9. The monoisotopic (exact) mass is 327 g/mol. The van der Waals surface area contributed by atoms with Crippen LogP contribution in [0.5, 0.6) is 0 Å². The van der Waals surface area contributed by atoms with Crippen LogP contribution in [-0.4, -0.2) is 10.2 Å². The Kier molecular flexibility index (Phi) is 3.95. The van der Waals surface area contributed by atoms with Gasteiger partial charge in [0.2, 0.25) is 5.78 Å². The zero-order valence-corrected chi connectivity index (χ0v) is 13.1. The van der Waals surface area contributed by atoms with E-state index in [2.05, 4.69) is 0 Å². The summed E-state index contributed by atoms with van der Waals surface area (Å²) in [7, 11) is 0. The van der Waals surface area contributed by atoms with Crippen molar-refractivity contribution in [1.29, 1.82) is 10.5 Å². The molecular weight excluding hydrogens is 314 g/mol. The second-order valence-corrected chi connectivity index (χ2v) is 5.30. The van der Waals surface area contributed by atoms with E-state index in [0.717, 1.165) is 0 Å². The largest absolute Gasteiger partial charge is 0.396 e. The molecule has 0 radical (unpaired) electrons. The summed E-state index contributed by atoms with van der Waals surface area (Å²) in [5.41, 5.74) is 13.7. The van der Waals surface area contributed by atoms with Gasteiger partial charge in [0.1, 0.15) is 17.8 Å². The third-order valence-electron chi connectivity index (χ3n) is 3.89. The Hall–Kier alpha value is -4.03. The van der Waals surface area contributed by atoms with Gasteiger partial charge in [-0.05, 0) is 12.1 Å². The summed E-state index contributed by atoms with van der Waals surface area (Å²) < 4.78 is 1.62. The van der Waals surface area contributed by atoms with Gasteiger partial charge < -0.3 is 15.9 Å². The third kappa shape index (κ3) is 2.48. The molecular formula is C19H13N5O. The first-order valence-electron chi connectivity index (χ1n) is 7.38. The lowest BCUT2D eigenvalue weighted by Gasteiger charge is -2.03. The number of hydrogen-bond acceptors (Lipinski definition) is 5. The van der Waals surface area contributed by atoms with Crippen molar-refractivity contribution in [2.45, 2.75) is 0 Å². The zero-order valence-electron chi connectivity index (χ0n) is 13.1. The van der Waals surface area contributed by atoms with Gasteiger partial charge in [0.05, 0.1) is 16.9 Å². The summed E-state index contributed by atoms with van der Waals surface area (Å²) in [6.07, 6.45) is 1.69. The molecule has 0 aliphatic rings. The lowest BCUT2D eigenvalue weighted by molar-refractivity contribution is 0.103. The summed E-state index contributed by atoms with van der Waals surface area (Å²) in [5, 5.41) is 18.2. The quantitative estimate of drug-likeness (QED) is 0.565. The van der Waals surface area contributed by atoms with E-state index in [1.807, 2.05) is 6.07 Å². The van der Waals surface area contributed by atoms with E-state index >= 15 is 0 Å². The molecule has 120 valence electrons. The molecule has 0 unspecified atom stereocenters. The normalized spacial score (nSPS) is 10.0. The predicted molar refractivity (Wildman–Crippen MR) is 94.0 cm³/mol. The molecule has 0 spiro atoms. The Balaban J connectivity index is 2.36. The van der Waals surface area contributed by atoms with Crippen LogP contribution in [0, 0.1) is 22.7 Å². The minimum atomic E-state index is -0.270. The van der Waals surface area contributed by atoms with E-state index in [4.69, 9.17) is 22.0 Å². The number of hydrogen-bond donors (Lipinski definition) is 2. The maximum Gasteiger partial charge on any atom is 0.211 e. The molecule has 0 aliphatic carbocycles. The predicted octanol–water partition coefficient (Wildman–Crippen LogP) is 2.47. The Morgan fingerprint density at radius 3 is 2.28 bits per heavy atom. The molecule has 2 aromatic heterocycles. The van der Waals surface area contributed by atoms with Crippen LogP contribution in [0.3, 0.4) is 0 Å². The number of carbonyl (C=O) groups excluding carboxylic acids is 1. The van der Waals surface area contributed by atoms with Crippen LogP contribution >= 0.6 is 0 Å². The van der Waals surface area contributed by atoms with Crippen molar-refractivity contribution in [3.05, 3.63) is 77.1 Å². The highest BCUT2D eigenvalue weighted by Crippen LogP contribution is 2.32. The van der Waals surface area contributed by atoms with Crippen molar-refractivity contribution in [2.24, 2.45) is 5.73 Å². The summed E-state index contributed by atoms with van der Waals surface area (Å²) in [6.45, 7) is 0. The maximum atomic E-state index is 12.9. The Morgan fingerprint density at radius 2 is 1.64 bits per heavy atom. The standard InChI is InChI=1S/C19H13N5O/c20-10-13(11-21)16(22)15-14-8-4-5-9-24(14)18(17(15)23)19(25)12-6-2-1-3-7-12/h1-9H,22-23H2. The number of nitrogens with zero attached hydrogens (tertiary/aromatic N) is 3. The average molecular weight is 327 g/mol. The second kappa shape index (κ2) is 6.23. The van der Waals surface area contributed by atoms with Crippen molar-refractivity contribution in [2.75, 3.05) is 5.73 Å². The molecule has 0 amide bonds. The summed E-state index contributed by atoms with van der Waals surface area (Å²) in [6, 6.07) is 17.5. The number of fused-ring (bicyclic) bond motifs is 1. The second-order valence-electron chi connectivity index (χ2n) is 5.30. The van der Waals surface area contributed by atoms with Crippen molar-refractivity contribution in [1.82, 2.24) is 4.40 Å². The smallest absolute Gasteiger partial charge is 0.211 e. The molecule has 3 rings (SSSR count). The summed E-state index contributed by atoms with van der Waals surface area (Å²) in [5.74, 6) is -0.270. The van der Waals surface area contributed by atoms with Gasteiger partial charge in [-0.25, -0.2) is 0 Å². The van der Waals surface area contributed by atoms with Gasteiger partial charge in [-0.15, -0.1) is 0 Å². The number of nitrogen functional groups attached to an aromatic ring is 1. The van der Waals surface area contributed by atoms with Gasteiger partial charge in [0.25, 0.3) is 0 Å². The first-order chi connectivity index (χ1) is 12.1. The molecule has 4 N–H and O–H groups in total. The molecule has 3 aromatic rings. The molecule has 0 aliphatic heterocycles. The third-order valence-corrected chi connectivity index (χ3v) is 3.89. The number of allylic oxidation sites excluding steroid dienone is 1. The van der Waals surface area contributed by atoms with Crippen LogP contribution in [0.15, 0.2) is 60.3 Å². The number of pyridine rings is 1. The van der Waals surface area contributed by atoms with E-state index < -0.39 is 0 Å². The Labute approximate surface area is 143 Å². The lowest BCUT2D eigenvalue weighted by Crippen LogP contribution is -2.08. The molecule has 1 aromatic carbocycles. The average Bonchev–Trinajstić information content (AvgIpc) is 2.94. The van der Waals surface area contributed by atoms with E-state index in [1.165, 1.54) is 0 Å². The van der Waals surface area contributed by atoms with Crippen molar-refractivity contribution >= 4 is 22.7 Å². The van der Waals surface area contributed by atoms with Crippen LogP contribution in [0.1, 0.15) is 21.6 Å². The van der Waals surface area contributed by atoms with Crippen LogP contribution in [-0.2, 0) is 0 Å². The van der Waals surface area contributed by atoms with Gasteiger partial charge in [0.15, 0.2) is 5.57 Å². The highest BCUT2D eigenvalue weighted by Gasteiger charge is 2.24. The molecule has 6 heteroatoms. The van der Waals surface area contributed by atoms with Crippen LogP contribution in [0.4, 0.5) is 5.69 Å². The SMILES string of the molecule is N#CC(C#N)=C(N)c1c(N)c(C(=O)c2ccccc2)n2ccccc12. The van der Waals surface area contributed by atoms with Gasteiger partial charge in [0, 0.05) is 17.3 Å². The van der Waals surface area contributed by atoms with Crippen molar-refractivity contribution in [3.8, 4) is 12.1 Å². The highest BCUT2D eigenvalue weighted by atomic mass is 16.1. The first-order valence-corrected chi connectivity index (χ1v) is 7.38. The van der Waals surface area contributed by atoms with E-state index in [9.17, 15) is 4.79 Å². The van der Waals surface area contributed by atoms with Crippen LogP contribution in [0.25, 0.3) is 11.2 Å². The molecule has 0 saturated heterocycles. The lowest BCUT2D eigenvalue weighted by atomic mass is 10.0. The molecule has 2 heterocycles. The minimum Gasteiger partial charge on any atom is -0.396 e. The number of nitrogens with two attached hydrogens (primary N) is 2. The summed E-state index contributed by atoms with van der Waals surface area (Å²) >= 11 is 0. The molecule has 0 fully saturated rings. The first kappa shape index (κ1) is 15.9. The Bertz CT molecular complexity index is 1080. The molecule has 0 bridgehead atoms. The van der Waals surface area contributed by atoms with Crippen LogP contribution in [0.2, 0.25) is 0 Å². The number of ketones is 1. The van der Waals surface area contributed by atoms with Gasteiger partial charge >= 0.3 is 0 Å². The number of benzene rings is 1. The highest BCUT2D eigenvalue weighted by molar-refractivity contribution is 6.14. The molecule has 0 atom stereocenters. The van der Waals surface area contributed by atoms with E-state index in [0.29, 0.717) is 16.6 Å². The van der Waals surface area contributed by atoms with Crippen molar-refractivity contribution in [3.63, 3.8) is 0 Å². The Morgan fingerprint density at radius 1 is 1.00 bits per heavy atom. The number of aromatic nitrogens is 1. The zero-order chi connectivity index (χ0) is 18.0. The number of rotatable bonds is 3. The number of carbonyl (C=O) groups is 1. The molecule has 6 nitrogen and oxygen atoms in total. The molecule has 25 heavy (non-hydrogen) atoms. The fourth-order valence-electron chi connectivity index (χ4n) is 2.74. The van der Waals surface area contributed by atoms with E-state index in [1.54, 1.807) is 65.2 Å². The topological polar surface area (TPSA) is 121 Å². The fraction of sp³-hybridized carbons (Fsp3) is 0. The van der Waals surface area contributed by atoms with Gasteiger partial charge in [-0.2, -0.15) is 10.5 Å². The van der Waals surface area contributed by atoms with Crippen molar-refractivity contribution < 1.29 is 4.79 Å². The summed E-state index contributed by atoms with van der Waals surface area (Å²) in [4.78, 5) is 12.9. The van der Waals surface area contributed by atoms with Crippen LogP contribution < -0.4 is 11.5 Å². The number of anilines is 1. The van der Waals surface area contributed by atoms with Gasteiger partial charge in [-0.3, -0.25) is 4.79 Å².